The fourth-order valence-electron chi connectivity index (χ4n) is 1.92. The lowest BCUT2D eigenvalue weighted by Crippen LogP contribution is -2.10. The van der Waals surface area contributed by atoms with Crippen LogP contribution in [-0.4, -0.2) is 7.05 Å². The van der Waals surface area contributed by atoms with Crippen molar-refractivity contribution in [1.82, 2.24) is 0 Å². The Hall–Kier alpha value is -1.75. The van der Waals surface area contributed by atoms with Crippen LogP contribution in [0.1, 0.15) is 5.56 Å². The van der Waals surface area contributed by atoms with E-state index in [1.165, 1.54) is 7.05 Å². The van der Waals surface area contributed by atoms with Gasteiger partial charge in [0.05, 0.1) is 11.3 Å². The number of anilines is 1. The van der Waals surface area contributed by atoms with E-state index in [1.807, 2.05) is 0 Å². The summed E-state index contributed by atoms with van der Waals surface area (Å²) < 4.78 is 52.3. The number of alkyl halides is 3. The van der Waals surface area contributed by atoms with Gasteiger partial charge in [0.1, 0.15) is 5.02 Å². The highest BCUT2D eigenvalue weighted by molar-refractivity contribution is 6.34. The molecule has 2 aromatic rings. The molecule has 0 fully saturated rings. The summed E-state index contributed by atoms with van der Waals surface area (Å²) in [6.07, 6.45) is -4.80. The summed E-state index contributed by atoms with van der Waals surface area (Å²) in [6, 6.07) is 9.12. The maximum Gasteiger partial charge on any atom is 0.419 e. The van der Waals surface area contributed by atoms with E-state index in [9.17, 15) is 17.6 Å². The van der Waals surface area contributed by atoms with Crippen LogP contribution in [-0.2, 0) is 6.18 Å². The predicted octanol–water partition coefficient (Wildman–Crippen LogP) is 5.21. The molecule has 6 heteroatoms. The summed E-state index contributed by atoms with van der Waals surface area (Å²) in [6.45, 7) is 0. The van der Waals surface area contributed by atoms with Gasteiger partial charge in [-0.1, -0.05) is 41.9 Å². The maximum absolute atomic E-state index is 13.7. The lowest BCUT2D eigenvalue weighted by molar-refractivity contribution is -0.139. The lowest BCUT2D eigenvalue weighted by atomic mass is 10.00. The number of hydrogen-bond acceptors (Lipinski definition) is 1. The molecule has 0 aliphatic rings. The number of nitrogens with one attached hydrogen (secondary N) is 1. The van der Waals surface area contributed by atoms with Crippen LogP contribution in [0.15, 0.2) is 36.4 Å². The maximum atomic E-state index is 13.7. The van der Waals surface area contributed by atoms with Crippen LogP contribution in [0.2, 0.25) is 5.02 Å². The van der Waals surface area contributed by atoms with Crippen molar-refractivity contribution in [3.8, 4) is 11.1 Å². The van der Waals surface area contributed by atoms with Gasteiger partial charge in [-0.05, 0) is 11.6 Å². The molecule has 106 valence electrons. The molecular weight excluding hydrogens is 294 g/mol. The average molecular weight is 304 g/mol. The first-order valence-corrected chi connectivity index (χ1v) is 6.06. The monoisotopic (exact) mass is 303 g/mol. The van der Waals surface area contributed by atoms with Gasteiger partial charge in [-0.3, -0.25) is 0 Å². The van der Waals surface area contributed by atoms with Crippen LogP contribution in [0.4, 0.5) is 23.2 Å². The Morgan fingerprint density at radius 2 is 1.70 bits per heavy atom. The minimum absolute atomic E-state index is 0.128. The minimum atomic E-state index is -4.80. The topological polar surface area (TPSA) is 12.0 Å². The molecule has 2 rings (SSSR count). The Labute approximate surface area is 118 Å². The molecule has 1 nitrogen and oxygen atoms in total. The summed E-state index contributed by atoms with van der Waals surface area (Å²) >= 11 is 5.72. The molecule has 0 bridgehead atoms. The summed E-state index contributed by atoms with van der Waals surface area (Å²) in [5.41, 5.74) is -0.528. The zero-order chi connectivity index (χ0) is 14.9. The third-order valence-electron chi connectivity index (χ3n) is 2.85. The van der Waals surface area contributed by atoms with Crippen molar-refractivity contribution in [2.75, 3.05) is 12.4 Å². The van der Waals surface area contributed by atoms with Gasteiger partial charge in [-0.15, -0.1) is 0 Å². The SMILES string of the molecule is CNc1c(-c2ccccc2)cc(C(F)(F)F)c(F)c1Cl. The molecule has 0 aromatic heterocycles. The smallest absolute Gasteiger partial charge is 0.386 e. The van der Waals surface area contributed by atoms with Crippen molar-refractivity contribution in [3.05, 3.63) is 52.8 Å². The zero-order valence-electron chi connectivity index (χ0n) is 10.4. The molecule has 0 spiro atoms. The Morgan fingerprint density at radius 3 is 2.20 bits per heavy atom. The van der Waals surface area contributed by atoms with E-state index in [4.69, 9.17) is 11.6 Å². The van der Waals surface area contributed by atoms with E-state index < -0.39 is 22.6 Å². The van der Waals surface area contributed by atoms with Gasteiger partial charge < -0.3 is 5.32 Å². The van der Waals surface area contributed by atoms with Gasteiger partial charge in [0.15, 0.2) is 5.82 Å². The molecule has 0 saturated heterocycles. The summed E-state index contributed by atoms with van der Waals surface area (Å²) in [5.74, 6) is -1.47. The predicted molar refractivity (Wildman–Crippen MR) is 71.4 cm³/mol. The second kappa shape index (κ2) is 5.32. The minimum Gasteiger partial charge on any atom is -0.386 e. The van der Waals surface area contributed by atoms with E-state index in [0.717, 1.165) is 6.07 Å². The lowest BCUT2D eigenvalue weighted by Gasteiger charge is -2.17. The number of rotatable bonds is 2. The molecule has 1 N–H and O–H groups in total. The van der Waals surface area contributed by atoms with Crippen molar-refractivity contribution < 1.29 is 17.6 Å². The van der Waals surface area contributed by atoms with E-state index in [-0.39, 0.29) is 11.3 Å². The highest BCUT2D eigenvalue weighted by atomic mass is 35.5. The van der Waals surface area contributed by atoms with E-state index >= 15 is 0 Å². The first-order valence-electron chi connectivity index (χ1n) is 5.68. The molecule has 0 unspecified atom stereocenters. The molecular formula is C14H10ClF4N. The van der Waals surface area contributed by atoms with Gasteiger partial charge >= 0.3 is 6.18 Å². The van der Waals surface area contributed by atoms with Crippen LogP contribution in [0.5, 0.6) is 0 Å². The number of hydrogen-bond donors (Lipinski definition) is 1. The molecule has 0 aliphatic carbocycles. The molecule has 0 radical (unpaired) electrons. The van der Waals surface area contributed by atoms with Gasteiger partial charge in [-0.2, -0.15) is 13.2 Å². The largest absolute Gasteiger partial charge is 0.419 e. The molecule has 2 aromatic carbocycles. The van der Waals surface area contributed by atoms with Crippen molar-refractivity contribution in [1.29, 1.82) is 0 Å². The fourth-order valence-corrected chi connectivity index (χ4v) is 2.22. The first kappa shape index (κ1) is 14.7. The second-order valence-electron chi connectivity index (χ2n) is 4.09. The van der Waals surface area contributed by atoms with Gasteiger partial charge in [0.2, 0.25) is 0 Å². The van der Waals surface area contributed by atoms with Crippen LogP contribution in [0, 0.1) is 5.82 Å². The number of benzene rings is 2. The van der Waals surface area contributed by atoms with Gasteiger partial charge in [-0.25, -0.2) is 4.39 Å². The van der Waals surface area contributed by atoms with Crippen molar-refractivity contribution in [2.45, 2.75) is 6.18 Å². The van der Waals surface area contributed by atoms with Crippen molar-refractivity contribution in [3.63, 3.8) is 0 Å². The normalized spacial score (nSPS) is 11.5. The molecule has 0 amide bonds. The second-order valence-corrected chi connectivity index (χ2v) is 4.47. The number of halogens is 5. The molecule has 0 aliphatic heterocycles. The molecule has 20 heavy (non-hydrogen) atoms. The van der Waals surface area contributed by atoms with Crippen LogP contribution < -0.4 is 5.32 Å². The standard InChI is InChI=1S/C14H10ClF4N/c1-20-13-9(8-5-3-2-4-6-8)7-10(14(17,18)19)12(16)11(13)15/h2-7,20H,1H3. The van der Waals surface area contributed by atoms with E-state index in [1.54, 1.807) is 30.3 Å². The summed E-state index contributed by atoms with van der Waals surface area (Å²) in [4.78, 5) is 0. The Balaban J connectivity index is 2.77. The Kier molecular flexibility index (Phi) is 3.90. The van der Waals surface area contributed by atoms with Crippen LogP contribution in [0.3, 0.4) is 0 Å². The summed E-state index contributed by atoms with van der Waals surface area (Å²) in [7, 11) is 1.47. The first-order chi connectivity index (χ1) is 9.36. The average Bonchev–Trinajstić information content (AvgIpc) is 2.41. The van der Waals surface area contributed by atoms with E-state index in [2.05, 4.69) is 5.32 Å². The fraction of sp³-hybridized carbons (Fsp3) is 0.143. The van der Waals surface area contributed by atoms with Crippen LogP contribution >= 0.6 is 11.6 Å². The summed E-state index contributed by atoms with van der Waals surface area (Å²) in [5, 5.41) is 2.07. The Bertz CT molecular complexity index is 623. The van der Waals surface area contributed by atoms with Crippen molar-refractivity contribution in [2.24, 2.45) is 0 Å². The van der Waals surface area contributed by atoms with Gasteiger partial charge in [0, 0.05) is 12.6 Å². The van der Waals surface area contributed by atoms with Crippen molar-refractivity contribution >= 4 is 17.3 Å². The highest BCUT2D eigenvalue weighted by Gasteiger charge is 2.36. The third-order valence-corrected chi connectivity index (χ3v) is 3.20. The third kappa shape index (κ3) is 2.58. The van der Waals surface area contributed by atoms with E-state index in [0.29, 0.717) is 5.56 Å². The molecule has 0 heterocycles. The zero-order valence-corrected chi connectivity index (χ0v) is 11.1. The van der Waals surface area contributed by atoms with Gasteiger partial charge in [0.25, 0.3) is 0 Å². The quantitative estimate of drug-likeness (QED) is 0.751. The Morgan fingerprint density at radius 1 is 1.10 bits per heavy atom. The highest BCUT2D eigenvalue weighted by Crippen LogP contribution is 2.42. The molecule has 0 saturated carbocycles. The van der Waals surface area contributed by atoms with Crippen LogP contribution in [0.25, 0.3) is 11.1 Å². The molecule has 0 atom stereocenters.